The van der Waals surface area contributed by atoms with E-state index in [-0.39, 0.29) is 5.54 Å². The smallest absolute Gasteiger partial charge is 0.0789 e. The summed E-state index contributed by atoms with van der Waals surface area (Å²) in [5.74, 6) is 0. The van der Waals surface area contributed by atoms with Crippen LogP contribution in [0.2, 0.25) is 0 Å². The van der Waals surface area contributed by atoms with E-state index in [4.69, 9.17) is 0 Å². The Morgan fingerprint density at radius 2 is 2.00 bits per heavy atom. The Hall–Kier alpha value is -0.400. The van der Waals surface area contributed by atoms with Crippen LogP contribution in [0.25, 0.3) is 0 Å². The molecule has 0 saturated heterocycles. The van der Waals surface area contributed by atoms with Crippen LogP contribution < -0.4 is 0 Å². The fraction of sp³-hybridized carbons (Fsp3) is 1.00. The minimum atomic E-state index is 0.245. The first-order chi connectivity index (χ1) is 4.29. The van der Waals surface area contributed by atoms with Gasteiger partial charge in [-0.25, -0.2) is 0 Å². The fourth-order valence-electron chi connectivity index (χ4n) is 1.66. The first kappa shape index (κ1) is 5.39. The summed E-state index contributed by atoms with van der Waals surface area (Å²) in [6.07, 6.45) is 5.09. The Bertz CT molecular complexity index is 143. The van der Waals surface area contributed by atoms with E-state index in [0.29, 0.717) is 6.04 Å². The Labute approximate surface area is 55.4 Å². The number of nitrogens with zero attached hydrogens (tertiary/aromatic N) is 2. The standard InChI is InChI=1S/C7H12N2/c1-7-4-2-6(3-5-7)8-9-7/h6H,2-5H2,1H3. The molecule has 0 N–H and O–H groups in total. The Balaban J connectivity index is 2.28. The molecule has 2 heterocycles. The highest BCUT2D eigenvalue weighted by Gasteiger charge is 2.34. The van der Waals surface area contributed by atoms with Gasteiger partial charge in [0.1, 0.15) is 0 Å². The molecule has 0 aromatic rings. The van der Waals surface area contributed by atoms with E-state index in [2.05, 4.69) is 17.2 Å². The average molecular weight is 124 g/mol. The van der Waals surface area contributed by atoms with E-state index < -0.39 is 0 Å². The summed E-state index contributed by atoms with van der Waals surface area (Å²) in [7, 11) is 0. The summed E-state index contributed by atoms with van der Waals surface area (Å²) >= 11 is 0. The first-order valence-electron chi connectivity index (χ1n) is 3.71. The number of hydrogen-bond donors (Lipinski definition) is 0. The van der Waals surface area contributed by atoms with Gasteiger partial charge in [-0.15, -0.1) is 0 Å². The van der Waals surface area contributed by atoms with Crippen LogP contribution in [0.15, 0.2) is 10.2 Å². The molecule has 0 aromatic heterocycles. The third-order valence-electron chi connectivity index (χ3n) is 2.49. The first-order valence-corrected chi connectivity index (χ1v) is 3.71. The summed E-state index contributed by atoms with van der Waals surface area (Å²) in [4.78, 5) is 0. The second-order valence-electron chi connectivity index (χ2n) is 3.44. The van der Waals surface area contributed by atoms with Gasteiger partial charge in [0.25, 0.3) is 0 Å². The largest absolute Gasteiger partial charge is 0.190 e. The summed E-state index contributed by atoms with van der Waals surface area (Å²) in [6, 6.07) is 0.590. The molecule has 0 spiro atoms. The third-order valence-corrected chi connectivity index (χ3v) is 2.49. The van der Waals surface area contributed by atoms with Crippen molar-refractivity contribution >= 4 is 0 Å². The highest BCUT2D eigenvalue weighted by molar-refractivity contribution is 4.94. The van der Waals surface area contributed by atoms with Gasteiger partial charge in [0.05, 0.1) is 11.6 Å². The molecule has 3 rings (SSSR count). The SMILES string of the molecule is CC12CCC(CC1)N=N2. The lowest BCUT2D eigenvalue weighted by atomic mass is 9.80. The molecule has 1 fully saturated rings. The molecule has 1 saturated carbocycles. The quantitative estimate of drug-likeness (QED) is 0.472. The van der Waals surface area contributed by atoms with Crippen molar-refractivity contribution in [3.8, 4) is 0 Å². The molecule has 0 radical (unpaired) electrons. The molecule has 2 heteroatoms. The van der Waals surface area contributed by atoms with Crippen LogP contribution in [0, 0.1) is 0 Å². The average Bonchev–Trinajstić information content (AvgIpc) is 1.90. The van der Waals surface area contributed by atoms with E-state index in [0.717, 1.165) is 0 Å². The van der Waals surface area contributed by atoms with Crippen LogP contribution in [0.4, 0.5) is 0 Å². The van der Waals surface area contributed by atoms with Gasteiger partial charge >= 0.3 is 0 Å². The van der Waals surface area contributed by atoms with Gasteiger partial charge in [-0.3, -0.25) is 0 Å². The van der Waals surface area contributed by atoms with Gasteiger partial charge in [0.2, 0.25) is 0 Å². The van der Waals surface area contributed by atoms with Gasteiger partial charge in [0.15, 0.2) is 0 Å². The van der Waals surface area contributed by atoms with E-state index in [1.165, 1.54) is 25.7 Å². The molecule has 2 nitrogen and oxygen atoms in total. The second kappa shape index (κ2) is 1.55. The van der Waals surface area contributed by atoms with E-state index in [9.17, 15) is 0 Å². The molecule has 0 aromatic carbocycles. The highest BCUT2D eigenvalue weighted by Crippen LogP contribution is 2.37. The van der Waals surface area contributed by atoms with Crippen molar-refractivity contribution in [2.75, 3.05) is 0 Å². The number of azo groups is 1. The van der Waals surface area contributed by atoms with Crippen molar-refractivity contribution in [2.24, 2.45) is 10.2 Å². The van der Waals surface area contributed by atoms with Gasteiger partial charge in [-0.05, 0) is 32.6 Å². The van der Waals surface area contributed by atoms with Gasteiger partial charge in [-0.2, -0.15) is 10.2 Å². The Morgan fingerprint density at radius 1 is 1.33 bits per heavy atom. The Morgan fingerprint density at radius 3 is 2.22 bits per heavy atom. The number of hydrogen-bond acceptors (Lipinski definition) is 2. The third kappa shape index (κ3) is 0.769. The molecule has 9 heavy (non-hydrogen) atoms. The van der Waals surface area contributed by atoms with Gasteiger partial charge in [-0.1, -0.05) is 0 Å². The predicted octanol–water partition coefficient (Wildman–Crippen LogP) is 2.15. The van der Waals surface area contributed by atoms with E-state index in [1.807, 2.05) is 0 Å². The molecule has 1 aliphatic carbocycles. The van der Waals surface area contributed by atoms with Gasteiger partial charge < -0.3 is 0 Å². The van der Waals surface area contributed by atoms with E-state index in [1.54, 1.807) is 0 Å². The zero-order valence-corrected chi connectivity index (χ0v) is 5.80. The zero-order valence-electron chi connectivity index (χ0n) is 5.80. The summed E-state index contributed by atoms with van der Waals surface area (Å²) < 4.78 is 0. The lowest BCUT2D eigenvalue weighted by Gasteiger charge is -2.36. The van der Waals surface area contributed by atoms with Crippen molar-refractivity contribution in [1.82, 2.24) is 0 Å². The molecule has 0 unspecified atom stereocenters. The molecular weight excluding hydrogens is 112 g/mol. The summed E-state index contributed by atoms with van der Waals surface area (Å²) in [5, 5.41) is 8.45. The molecule has 0 amide bonds. The van der Waals surface area contributed by atoms with Gasteiger partial charge in [0, 0.05) is 0 Å². The maximum absolute atomic E-state index is 4.25. The van der Waals surface area contributed by atoms with Crippen LogP contribution in [0.5, 0.6) is 0 Å². The second-order valence-corrected chi connectivity index (χ2v) is 3.44. The van der Waals surface area contributed by atoms with Crippen LogP contribution in [-0.2, 0) is 0 Å². The minimum absolute atomic E-state index is 0.245. The maximum Gasteiger partial charge on any atom is 0.0789 e. The highest BCUT2D eigenvalue weighted by atomic mass is 15.2. The molecule has 0 atom stereocenters. The number of rotatable bonds is 0. The predicted molar refractivity (Wildman–Crippen MR) is 35.5 cm³/mol. The summed E-state index contributed by atoms with van der Waals surface area (Å²) in [6.45, 7) is 2.21. The Kier molecular flexibility index (Phi) is 0.930. The molecule has 2 aliphatic heterocycles. The molecule has 3 aliphatic rings. The van der Waals surface area contributed by atoms with Crippen molar-refractivity contribution in [3.63, 3.8) is 0 Å². The summed E-state index contributed by atoms with van der Waals surface area (Å²) in [5.41, 5.74) is 0.245. The van der Waals surface area contributed by atoms with Crippen LogP contribution in [-0.4, -0.2) is 11.6 Å². The maximum atomic E-state index is 4.25. The lowest BCUT2D eigenvalue weighted by molar-refractivity contribution is 0.232. The number of fused-ring (bicyclic) bond motifs is 2. The fourth-order valence-corrected chi connectivity index (χ4v) is 1.66. The molecular formula is C7H12N2. The molecule has 50 valence electrons. The van der Waals surface area contributed by atoms with Crippen LogP contribution in [0.3, 0.4) is 0 Å². The normalized spacial score (nSPS) is 47.9. The van der Waals surface area contributed by atoms with Crippen molar-refractivity contribution in [2.45, 2.75) is 44.2 Å². The van der Waals surface area contributed by atoms with Crippen LogP contribution >= 0.6 is 0 Å². The topological polar surface area (TPSA) is 24.7 Å². The van der Waals surface area contributed by atoms with Crippen molar-refractivity contribution < 1.29 is 0 Å². The monoisotopic (exact) mass is 124 g/mol. The zero-order chi connectivity index (χ0) is 6.32. The van der Waals surface area contributed by atoms with Crippen LogP contribution in [0.1, 0.15) is 32.6 Å². The van der Waals surface area contributed by atoms with Crippen molar-refractivity contribution in [3.05, 3.63) is 0 Å². The molecule has 2 bridgehead atoms. The van der Waals surface area contributed by atoms with Crippen molar-refractivity contribution in [1.29, 1.82) is 0 Å². The minimum Gasteiger partial charge on any atom is -0.190 e. The van der Waals surface area contributed by atoms with E-state index >= 15 is 0 Å². The lowest BCUT2D eigenvalue weighted by Crippen LogP contribution is -2.34.